The van der Waals surface area contributed by atoms with Crippen LogP contribution in [0.3, 0.4) is 0 Å². The van der Waals surface area contributed by atoms with E-state index in [1.165, 1.54) is 11.8 Å². The van der Waals surface area contributed by atoms with Crippen molar-refractivity contribution in [2.75, 3.05) is 10.6 Å². The maximum Gasteiger partial charge on any atom is 0.221 e. The predicted octanol–water partition coefficient (Wildman–Crippen LogP) is 3.02. The second-order valence-corrected chi connectivity index (χ2v) is 5.00. The van der Waals surface area contributed by atoms with Gasteiger partial charge in [-0.2, -0.15) is 0 Å². The van der Waals surface area contributed by atoms with Gasteiger partial charge >= 0.3 is 0 Å². The van der Waals surface area contributed by atoms with Gasteiger partial charge in [-0.1, -0.05) is 6.07 Å². The van der Waals surface area contributed by atoms with E-state index in [0.29, 0.717) is 0 Å². The van der Waals surface area contributed by atoms with E-state index in [0.717, 1.165) is 23.5 Å². The molecule has 0 aliphatic carbocycles. The van der Waals surface area contributed by atoms with E-state index < -0.39 is 0 Å². The van der Waals surface area contributed by atoms with Crippen LogP contribution in [0.25, 0.3) is 0 Å². The number of carbonyl (C=O) groups excluding carboxylic acids is 1. The number of rotatable bonds is 4. The van der Waals surface area contributed by atoms with Crippen LogP contribution in [0.15, 0.2) is 29.9 Å². The quantitative estimate of drug-likeness (QED) is 0.889. The third-order valence-corrected chi connectivity index (χ3v) is 3.27. The first kappa shape index (κ1) is 12.6. The van der Waals surface area contributed by atoms with Crippen molar-refractivity contribution in [1.82, 2.24) is 4.98 Å². The number of benzene rings is 1. The summed E-state index contributed by atoms with van der Waals surface area (Å²) in [5.74, 6) is -0.0627. The molecule has 94 valence electrons. The molecular formula is C13H15N3OS. The summed E-state index contributed by atoms with van der Waals surface area (Å²) in [6, 6.07) is 5.83. The minimum absolute atomic E-state index is 0.0627. The fourth-order valence-corrected chi connectivity index (χ4v) is 2.14. The Hall–Kier alpha value is -1.88. The largest absolute Gasteiger partial charge is 0.380 e. The lowest BCUT2D eigenvalue weighted by atomic mass is 10.1. The van der Waals surface area contributed by atoms with E-state index >= 15 is 0 Å². The Bertz CT molecular complexity index is 537. The Morgan fingerprint density at radius 3 is 2.94 bits per heavy atom. The number of aryl methyl sites for hydroxylation is 1. The average molecular weight is 261 g/mol. The van der Waals surface area contributed by atoms with Crippen LogP contribution in [0.2, 0.25) is 0 Å². The van der Waals surface area contributed by atoms with Crippen molar-refractivity contribution in [3.63, 3.8) is 0 Å². The highest BCUT2D eigenvalue weighted by Crippen LogP contribution is 2.21. The maximum absolute atomic E-state index is 11.0. The molecule has 1 heterocycles. The lowest BCUT2D eigenvalue weighted by molar-refractivity contribution is -0.114. The van der Waals surface area contributed by atoms with Crippen LogP contribution in [-0.4, -0.2) is 10.9 Å². The van der Waals surface area contributed by atoms with E-state index in [2.05, 4.69) is 15.6 Å². The first-order valence-corrected chi connectivity index (χ1v) is 6.52. The van der Waals surface area contributed by atoms with Crippen LogP contribution in [-0.2, 0) is 11.3 Å². The molecule has 4 nitrogen and oxygen atoms in total. The standard InChI is InChI=1S/C13H15N3OS/c1-9-3-4-11(16-10(2)17)5-13(9)15-7-12-6-14-8-18-12/h3-6,8,15H,7H2,1-2H3,(H,16,17). The van der Waals surface area contributed by atoms with Crippen molar-refractivity contribution in [2.45, 2.75) is 20.4 Å². The van der Waals surface area contributed by atoms with Crippen molar-refractivity contribution in [1.29, 1.82) is 0 Å². The summed E-state index contributed by atoms with van der Waals surface area (Å²) in [6.07, 6.45) is 1.85. The number of hydrogen-bond acceptors (Lipinski definition) is 4. The molecule has 0 aliphatic rings. The van der Waals surface area contributed by atoms with Gasteiger partial charge in [0.25, 0.3) is 0 Å². The molecular weight excluding hydrogens is 246 g/mol. The first-order chi connectivity index (χ1) is 8.65. The van der Waals surface area contributed by atoms with Gasteiger partial charge in [-0.15, -0.1) is 11.3 Å². The van der Waals surface area contributed by atoms with E-state index in [4.69, 9.17) is 0 Å². The van der Waals surface area contributed by atoms with Crippen molar-refractivity contribution < 1.29 is 4.79 Å². The first-order valence-electron chi connectivity index (χ1n) is 5.64. The Labute approximate surface area is 110 Å². The number of aromatic nitrogens is 1. The van der Waals surface area contributed by atoms with Crippen LogP contribution in [0.5, 0.6) is 0 Å². The number of nitrogens with one attached hydrogen (secondary N) is 2. The third kappa shape index (κ3) is 3.30. The predicted molar refractivity (Wildman–Crippen MR) is 74.9 cm³/mol. The zero-order valence-electron chi connectivity index (χ0n) is 10.4. The summed E-state index contributed by atoms with van der Waals surface area (Å²) < 4.78 is 0. The lowest BCUT2D eigenvalue weighted by Gasteiger charge is -2.11. The van der Waals surface area contributed by atoms with Crippen molar-refractivity contribution in [3.8, 4) is 0 Å². The third-order valence-electron chi connectivity index (χ3n) is 2.49. The van der Waals surface area contributed by atoms with Gasteiger partial charge in [-0.3, -0.25) is 9.78 Å². The summed E-state index contributed by atoms with van der Waals surface area (Å²) in [5.41, 5.74) is 4.79. The lowest BCUT2D eigenvalue weighted by Crippen LogP contribution is -2.07. The van der Waals surface area contributed by atoms with Crippen LogP contribution in [0.4, 0.5) is 11.4 Å². The highest BCUT2D eigenvalue weighted by Gasteiger charge is 2.02. The number of thiazole rings is 1. The zero-order valence-corrected chi connectivity index (χ0v) is 11.2. The van der Waals surface area contributed by atoms with Gasteiger partial charge in [0.15, 0.2) is 0 Å². The molecule has 0 spiro atoms. The topological polar surface area (TPSA) is 54.0 Å². The van der Waals surface area contributed by atoms with Crippen molar-refractivity contribution in [2.24, 2.45) is 0 Å². The Kier molecular flexibility index (Phi) is 3.94. The smallest absolute Gasteiger partial charge is 0.221 e. The molecule has 1 amide bonds. The molecule has 2 aromatic rings. The Balaban J connectivity index is 2.08. The van der Waals surface area contributed by atoms with E-state index in [1.807, 2.05) is 36.8 Å². The van der Waals surface area contributed by atoms with Crippen molar-refractivity contribution >= 4 is 28.6 Å². The molecule has 1 aromatic carbocycles. The molecule has 2 N–H and O–H groups in total. The van der Waals surface area contributed by atoms with Crippen molar-refractivity contribution in [3.05, 3.63) is 40.3 Å². The van der Waals surface area contributed by atoms with E-state index in [-0.39, 0.29) is 5.91 Å². The Morgan fingerprint density at radius 2 is 2.28 bits per heavy atom. The second kappa shape index (κ2) is 5.64. The highest BCUT2D eigenvalue weighted by molar-refractivity contribution is 7.09. The average Bonchev–Trinajstić information content (AvgIpc) is 2.82. The SMILES string of the molecule is CC(=O)Nc1ccc(C)c(NCc2cncs2)c1. The summed E-state index contributed by atoms with van der Waals surface area (Å²) in [7, 11) is 0. The molecule has 0 radical (unpaired) electrons. The monoisotopic (exact) mass is 261 g/mol. The molecule has 18 heavy (non-hydrogen) atoms. The summed E-state index contributed by atoms with van der Waals surface area (Å²) >= 11 is 1.62. The summed E-state index contributed by atoms with van der Waals surface area (Å²) in [4.78, 5) is 16.2. The fraction of sp³-hybridized carbons (Fsp3) is 0.231. The number of hydrogen-bond donors (Lipinski definition) is 2. The van der Waals surface area contributed by atoms with E-state index in [9.17, 15) is 4.79 Å². The van der Waals surface area contributed by atoms with Crippen LogP contribution in [0, 0.1) is 6.92 Å². The van der Waals surface area contributed by atoms with Gasteiger partial charge in [0.1, 0.15) is 0 Å². The fourth-order valence-electron chi connectivity index (χ4n) is 1.61. The van der Waals surface area contributed by atoms with Gasteiger partial charge < -0.3 is 10.6 Å². The maximum atomic E-state index is 11.0. The van der Waals surface area contributed by atoms with Crippen LogP contribution < -0.4 is 10.6 Å². The summed E-state index contributed by atoms with van der Waals surface area (Å²) in [5, 5.41) is 6.12. The Morgan fingerprint density at radius 1 is 1.44 bits per heavy atom. The summed E-state index contributed by atoms with van der Waals surface area (Å²) in [6.45, 7) is 4.28. The number of anilines is 2. The molecule has 0 saturated heterocycles. The number of nitrogens with zero attached hydrogens (tertiary/aromatic N) is 1. The molecule has 0 bridgehead atoms. The molecule has 0 aliphatic heterocycles. The molecule has 0 saturated carbocycles. The second-order valence-electron chi connectivity index (χ2n) is 4.03. The van der Waals surface area contributed by atoms with Gasteiger partial charge in [0, 0.05) is 29.4 Å². The van der Waals surface area contributed by atoms with Crippen LogP contribution >= 0.6 is 11.3 Å². The molecule has 0 fully saturated rings. The molecule has 2 rings (SSSR count). The van der Waals surface area contributed by atoms with Gasteiger partial charge in [-0.05, 0) is 24.6 Å². The highest BCUT2D eigenvalue weighted by atomic mass is 32.1. The molecule has 0 unspecified atom stereocenters. The number of amides is 1. The molecule has 0 atom stereocenters. The minimum atomic E-state index is -0.0627. The molecule has 1 aromatic heterocycles. The minimum Gasteiger partial charge on any atom is -0.380 e. The van der Waals surface area contributed by atoms with Crippen LogP contribution in [0.1, 0.15) is 17.4 Å². The molecule has 5 heteroatoms. The zero-order chi connectivity index (χ0) is 13.0. The number of carbonyl (C=O) groups is 1. The van der Waals surface area contributed by atoms with Gasteiger partial charge in [0.2, 0.25) is 5.91 Å². The van der Waals surface area contributed by atoms with E-state index in [1.54, 1.807) is 11.3 Å². The van der Waals surface area contributed by atoms with Gasteiger partial charge in [-0.25, -0.2) is 0 Å². The normalized spacial score (nSPS) is 10.1. The van der Waals surface area contributed by atoms with Gasteiger partial charge in [0.05, 0.1) is 12.1 Å².